The van der Waals surface area contributed by atoms with Crippen LogP contribution >= 0.6 is 0 Å². The number of halogens is 2. The van der Waals surface area contributed by atoms with E-state index in [1.54, 1.807) is 0 Å². The lowest BCUT2D eigenvalue weighted by molar-refractivity contribution is 0.0697. The summed E-state index contributed by atoms with van der Waals surface area (Å²) in [7, 11) is 0. The average molecular weight is 250 g/mol. The van der Waals surface area contributed by atoms with Crippen LogP contribution in [0.5, 0.6) is 5.75 Å². The number of aromatic carboxylic acids is 1. The van der Waals surface area contributed by atoms with Gasteiger partial charge in [0.25, 0.3) is 0 Å². The number of carboxylic acid groups (broad SMARTS) is 1. The second kappa shape index (κ2) is 4.44. The molecule has 2 aromatic rings. The first kappa shape index (κ1) is 12.0. The van der Waals surface area contributed by atoms with Gasteiger partial charge in [-0.2, -0.15) is 0 Å². The van der Waals surface area contributed by atoms with Gasteiger partial charge in [0.2, 0.25) is 0 Å². The summed E-state index contributed by atoms with van der Waals surface area (Å²) in [5, 5.41) is 18.6. The third kappa shape index (κ3) is 2.15. The van der Waals surface area contributed by atoms with Gasteiger partial charge in [-0.1, -0.05) is 0 Å². The van der Waals surface area contributed by atoms with Crippen LogP contribution in [-0.4, -0.2) is 16.2 Å². The Balaban J connectivity index is 2.73. The lowest BCUT2D eigenvalue weighted by atomic mass is 9.98. The SMILES string of the molecule is O=C(O)c1ccc(F)cc1-c1cc(F)ccc1O. The van der Waals surface area contributed by atoms with E-state index in [2.05, 4.69) is 0 Å². The summed E-state index contributed by atoms with van der Waals surface area (Å²) in [5.41, 5.74) is -0.344. The molecule has 18 heavy (non-hydrogen) atoms. The standard InChI is InChI=1S/C13H8F2O3/c14-7-1-3-9(13(17)18)10(5-7)11-6-8(15)2-4-12(11)16/h1-6,16H,(H,17,18). The molecule has 0 atom stereocenters. The molecule has 2 aromatic carbocycles. The van der Waals surface area contributed by atoms with Crippen molar-refractivity contribution >= 4 is 5.97 Å². The number of carbonyl (C=O) groups is 1. The summed E-state index contributed by atoms with van der Waals surface area (Å²) < 4.78 is 26.3. The minimum absolute atomic E-state index is 0.0631. The molecule has 0 aliphatic heterocycles. The third-order valence-corrected chi connectivity index (χ3v) is 2.46. The van der Waals surface area contributed by atoms with Crippen LogP contribution in [0, 0.1) is 11.6 Å². The molecule has 0 amide bonds. The van der Waals surface area contributed by atoms with Crippen molar-refractivity contribution in [3.05, 3.63) is 53.6 Å². The van der Waals surface area contributed by atoms with Gasteiger partial charge in [-0.15, -0.1) is 0 Å². The Labute approximate surface area is 101 Å². The number of phenolic OH excluding ortho intramolecular Hbond substituents is 1. The molecule has 0 bridgehead atoms. The Morgan fingerprint density at radius 2 is 1.50 bits per heavy atom. The van der Waals surface area contributed by atoms with Gasteiger partial charge >= 0.3 is 5.97 Å². The molecule has 0 saturated carbocycles. The Morgan fingerprint density at radius 3 is 2.11 bits per heavy atom. The highest BCUT2D eigenvalue weighted by atomic mass is 19.1. The molecule has 0 aliphatic rings. The van der Waals surface area contributed by atoms with Gasteiger partial charge in [0.15, 0.2) is 0 Å². The van der Waals surface area contributed by atoms with Crippen molar-refractivity contribution in [3.8, 4) is 16.9 Å². The molecule has 0 radical (unpaired) electrons. The van der Waals surface area contributed by atoms with Crippen molar-refractivity contribution in [2.75, 3.05) is 0 Å². The van der Waals surface area contributed by atoms with Crippen LogP contribution < -0.4 is 0 Å². The Hall–Kier alpha value is -2.43. The number of hydrogen-bond donors (Lipinski definition) is 2. The topological polar surface area (TPSA) is 57.5 Å². The highest BCUT2D eigenvalue weighted by Gasteiger charge is 2.16. The number of benzene rings is 2. The zero-order valence-corrected chi connectivity index (χ0v) is 9.02. The molecular weight excluding hydrogens is 242 g/mol. The molecule has 2 N–H and O–H groups in total. The van der Waals surface area contributed by atoms with Gasteiger partial charge in [0.1, 0.15) is 17.4 Å². The molecule has 0 fully saturated rings. The van der Waals surface area contributed by atoms with E-state index in [4.69, 9.17) is 5.11 Å². The van der Waals surface area contributed by atoms with Crippen LogP contribution in [0.3, 0.4) is 0 Å². The summed E-state index contributed by atoms with van der Waals surface area (Å²) in [6, 6.07) is 6.06. The second-order valence-corrected chi connectivity index (χ2v) is 3.66. The largest absolute Gasteiger partial charge is 0.507 e. The minimum Gasteiger partial charge on any atom is -0.507 e. The normalized spacial score (nSPS) is 10.3. The van der Waals surface area contributed by atoms with E-state index in [0.29, 0.717) is 0 Å². The van der Waals surface area contributed by atoms with Crippen LogP contribution in [0.1, 0.15) is 10.4 Å². The molecule has 92 valence electrons. The molecule has 0 spiro atoms. The summed E-state index contributed by atoms with van der Waals surface area (Å²) in [6.45, 7) is 0. The lowest BCUT2D eigenvalue weighted by Crippen LogP contribution is -2.00. The minimum atomic E-state index is -1.28. The maximum Gasteiger partial charge on any atom is 0.336 e. The number of aromatic hydroxyl groups is 1. The van der Waals surface area contributed by atoms with Crippen molar-refractivity contribution < 1.29 is 23.8 Å². The van der Waals surface area contributed by atoms with Gasteiger partial charge in [0, 0.05) is 11.1 Å². The molecule has 0 aromatic heterocycles. The fourth-order valence-corrected chi connectivity index (χ4v) is 1.65. The summed E-state index contributed by atoms with van der Waals surface area (Å²) >= 11 is 0. The molecule has 2 rings (SSSR count). The summed E-state index contributed by atoms with van der Waals surface area (Å²) in [5.74, 6) is -2.92. The highest BCUT2D eigenvalue weighted by Crippen LogP contribution is 2.32. The van der Waals surface area contributed by atoms with E-state index in [-0.39, 0.29) is 22.4 Å². The molecule has 3 nitrogen and oxygen atoms in total. The lowest BCUT2D eigenvalue weighted by Gasteiger charge is -2.08. The predicted octanol–water partition coefficient (Wildman–Crippen LogP) is 3.04. The van der Waals surface area contributed by atoms with Gasteiger partial charge in [-0.05, 0) is 36.4 Å². The van der Waals surface area contributed by atoms with Crippen LogP contribution in [0.15, 0.2) is 36.4 Å². The van der Waals surface area contributed by atoms with Crippen LogP contribution in [-0.2, 0) is 0 Å². The third-order valence-electron chi connectivity index (χ3n) is 2.46. The van der Waals surface area contributed by atoms with Crippen molar-refractivity contribution in [3.63, 3.8) is 0 Å². The maximum atomic E-state index is 13.2. The van der Waals surface area contributed by atoms with Crippen molar-refractivity contribution in [1.82, 2.24) is 0 Å². The smallest absolute Gasteiger partial charge is 0.336 e. The monoisotopic (exact) mass is 250 g/mol. The Kier molecular flexibility index (Phi) is 2.97. The molecule has 5 heteroatoms. The fourth-order valence-electron chi connectivity index (χ4n) is 1.65. The van der Waals surface area contributed by atoms with E-state index in [0.717, 1.165) is 36.4 Å². The van der Waals surface area contributed by atoms with Gasteiger partial charge < -0.3 is 10.2 Å². The van der Waals surface area contributed by atoms with E-state index in [9.17, 15) is 18.7 Å². The summed E-state index contributed by atoms with van der Waals surface area (Å²) in [4.78, 5) is 11.0. The Bertz CT molecular complexity index is 624. The van der Waals surface area contributed by atoms with Gasteiger partial charge in [0.05, 0.1) is 5.56 Å². The number of hydrogen-bond acceptors (Lipinski definition) is 2. The van der Waals surface area contributed by atoms with Gasteiger partial charge in [-0.25, -0.2) is 13.6 Å². The quantitative estimate of drug-likeness (QED) is 0.861. The Morgan fingerprint density at radius 1 is 0.944 bits per heavy atom. The summed E-state index contributed by atoms with van der Waals surface area (Å²) in [6.07, 6.45) is 0. The van der Waals surface area contributed by atoms with E-state index in [1.807, 2.05) is 0 Å². The first-order valence-electron chi connectivity index (χ1n) is 5.01. The van der Waals surface area contributed by atoms with Crippen LogP contribution in [0.2, 0.25) is 0 Å². The zero-order valence-electron chi connectivity index (χ0n) is 9.02. The van der Waals surface area contributed by atoms with E-state index >= 15 is 0 Å². The first-order valence-corrected chi connectivity index (χ1v) is 5.01. The van der Waals surface area contributed by atoms with Gasteiger partial charge in [-0.3, -0.25) is 0 Å². The highest BCUT2D eigenvalue weighted by molar-refractivity contribution is 5.96. The fraction of sp³-hybridized carbons (Fsp3) is 0. The number of rotatable bonds is 2. The predicted molar refractivity (Wildman–Crippen MR) is 60.4 cm³/mol. The van der Waals surface area contributed by atoms with Crippen LogP contribution in [0.25, 0.3) is 11.1 Å². The van der Waals surface area contributed by atoms with Crippen molar-refractivity contribution in [1.29, 1.82) is 0 Å². The maximum absolute atomic E-state index is 13.2. The first-order chi connectivity index (χ1) is 8.49. The number of carboxylic acids is 1. The zero-order chi connectivity index (χ0) is 13.3. The van der Waals surface area contributed by atoms with Crippen molar-refractivity contribution in [2.24, 2.45) is 0 Å². The molecule has 0 aliphatic carbocycles. The molecular formula is C13H8F2O3. The average Bonchev–Trinajstić information content (AvgIpc) is 2.31. The molecule has 0 unspecified atom stereocenters. The molecule has 0 saturated heterocycles. The van der Waals surface area contributed by atoms with E-state index < -0.39 is 17.6 Å². The van der Waals surface area contributed by atoms with E-state index in [1.165, 1.54) is 0 Å². The number of phenols is 1. The molecule has 0 heterocycles. The van der Waals surface area contributed by atoms with Crippen molar-refractivity contribution in [2.45, 2.75) is 0 Å². The second-order valence-electron chi connectivity index (χ2n) is 3.66. The van der Waals surface area contributed by atoms with Crippen LogP contribution in [0.4, 0.5) is 8.78 Å².